The second-order valence-corrected chi connectivity index (χ2v) is 3.85. The summed E-state index contributed by atoms with van der Waals surface area (Å²) in [6, 6.07) is 0. The molecule has 2 aliphatic carbocycles. The first-order valence-electron chi connectivity index (χ1n) is 4.70. The molecule has 0 spiro atoms. The minimum atomic E-state index is 0.0723. The van der Waals surface area contributed by atoms with Crippen molar-refractivity contribution >= 4 is 6.08 Å². The minimum absolute atomic E-state index is 0.0723. The maximum Gasteiger partial charge on any atom is 0.236 e. The fourth-order valence-electron chi connectivity index (χ4n) is 1.40. The molecule has 12 heavy (non-hydrogen) atoms. The van der Waals surface area contributed by atoms with Crippen molar-refractivity contribution < 1.29 is 4.79 Å². The molecule has 1 N–H and O–H groups in total. The fourth-order valence-corrected chi connectivity index (χ4v) is 1.40. The molecule has 1 unspecified atom stereocenters. The van der Waals surface area contributed by atoms with Gasteiger partial charge in [0, 0.05) is 0 Å². The van der Waals surface area contributed by atoms with Crippen LogP contribution in [0, 0.1) is 11.8 Å². The molecule has 0 aromatic rings. The number of rotatable bonds is 5. The second kappa shape index (κ2) is 3.38. The van der Waals surface area contributed by atoms with Crippen LogP contribution in [0.1, 0.15) is 25.7 Å². The van der Waals surface area contributed by atoms with Crippen LogP contribution in [-0.2, 0) is 4.79 Å². The smallest absolute Gasteiger partial charge is 0.236 e. The fraction of sp³-hybridized carbons (Fsp3) is 0.889. The number of isocyanates is 1. The Bertz CT molecular complexity index is 203. The van der Waals surface area contributed by atoms with E-state index in [1.54, 1.807) is 6.08 Å². The van der Waals surface area contributed by atoms with Gasteiger partial charge in [-0.3, -0.25) is 5.32 Å². The first-order chi connectivity index (χ1) is 5.90. The van der Waals surface area contributed by atoms with E-state index in [1.165, 1.54) is 25.7 Å². The van der Waals surface area contributed by atoms with Crippen LogP contribution in [0.15, 0.2) is 4.99 Å². The molecule has 0 aromatic heterocycles. The molecule has 0 heterocycles. The summed E-state index contributed by atoms with van der Waals surface area (Å²) in [5, 5.41) is 3.32. The lowest BCUT2D eigenvalue weighted by atomic mass is 10.3. The van der Waals surface area contributed by atoms with Crippen molar-refractivity contribution in [2.75, 3.05) is 6.54 Å². The van der Waals surface area contributed by atoms with E-state index in [0.717, 1.165) is 12.5 Å². The van der Waals surface area contributed by atoms with Crippen LogP contribution < -0.4 is 5.32 Å². The predicted octanol–water partition coefficient (Wildman–Crippen LogP) is 1.06. The lowest BCUT2D eigenvalue weighted by molar-refractivity contribution is 0.461. The molecule has 0 bridgehead atoms. The summed E-state index contributed by atoms with van der Waals surface area (Å²) in [5.41, 5.74) is 0. The van der Waals surface area contributed by atoms with Crippen molar-refractivity contribution in [2.45, 2.75) is 31.8 Å². The van der Waals surface area contributed by atoms with E-state index in [0.29, 0.717) is 5.92 Å². The maximum absolute atomic E-state index is 10.1. The van der Waals surface area contributed by atoms with Gasteiger partial charge in [0.05, 0.1) is 0 Å². The van der Waals surface area contributed by atoms with Gasteiger partial charge in [0.2, 0.25) is 6.08 Å². The van der Waals surface area contributed by atoms with E-state index < -0.39 is 0 Å². The number of aliphatic imine (C=N–C) groups is 1. The van der Waals surface area contributed by atoms with Gasteiger partial charge in [0.25, 0.3) is 0 Å². The molecule has 0 saturated heterocycles. The van der Waals surface area contributed by atoms with Gasteiger partial charge < -0.3 is 0 Å². The van der Waals surface area contributed by atoms with E-state index in [4.69, 9.17) is 0 Å². The van der Waals surface area contributed by atoms with Gasteiger partial charge in [-0.1, -0.05) is 0 Å². The summed E-state index contributed by atoms with van der Waals surface area (Å²) >= 11 is 0. The molecule has 1 atom stereocenters. The third kappa shape index (κ3) is 2.16. The van der Waals surface area contributed by atoms with Crippen LogP contribution in [0.5, 0.6) is 0 Å². The molecule has 66 valence electrons. The monoisotopic (exact) mass is 166 g/mol. The third-order valence-electron chi connectivity index (χ3n) is 2.57. The zero-order valence-electron chi connectivity index (χ0n) is 7.12. The quantitative estimate of drug-likeness (QED) is 0.490. The Labute approximate surface area is 72.3 Å². The van der Waals surface area contributed by atoms with Gasteiger partial charge in [-0.15, -0.1) is 0 Å². The predicted molar refractivity (Wildman–Crippen MR) is 45.4 cm³/mol. The van der Waals surface area contributed by atoms with Crippen molar-refractivity contribution in [2.24, 2.45) is 16.8 Å². The Morgan fingerprint density at radius 1 is 1.42 bits per heavy atom. The van der Waals surface area contributed by atoms with E-state index in [9.17, 15) is 4.79 Å². The maximum atomic E-state index is 10.1. The van der Waals surface area contributed by atoms with E-state index >= 15 is 0 Å². The van der Waals surface area contributed by atoms with Crippen molar-refractivity contribution in [1.82, 2.24) is 5.32 Å². The molecule has 3 nitrogen and oxygen atoms in total. The number of nitrogens with zero attached hydrogens (tertiary/aromatic N) is 1. The van der Waals surface area contributed by atoms with Crippen LogP contribution in [0.4, 0.5) is 0 Å². The molecule has 2 fully saturated rings. The first kappa shape index (κ1) is 7.96. The molecular weight excluding hydrogens is 152 g/mol. The van der Waals surface area contributed by atoms with E-state index in [2.05, 4.69) is 10.3 Å². The van der Waals surface area contributed by atoms with Gasteiger partial charge in [-0.2, -0.15) is 4.99 Å². The zero-order chi connectivity index (χ0) is 8.39. The number of carbonyl (C=O) groups excluding carboxylic acids is 1. The first-order valence-corrected chi connectivity index (χ1v) is 4.70. The zero-order valence-corrected chi connectivity index (χ0v) is 7.12. The van der Waals surface area contributed by atoms with E-state index in [1.807, 2.05) is 0 Å². The average Bonchev–Trinajstić information content (AvgIpc) is 2.86. The molecule has 2 aliphatic rings. The lowest BCUT2D eigenvalue weighted by Crippen LogP contribution is -2.30. The van der Waals surface area contributed by atoms with Gasteiger partial charge in [0.1, 0.15) is 6.17 Å². The van der Waals surface area contributed by atoms with Crippen molar-refractivity contribution in [3.63, 3.8) is 0 Å². The molecule has 0 aromatic carbocycles. The van der Waals surface area contributed by atoms with Crippen LogP contribution in [-0.4, -0.2) is 18.8 Å². The van der Waals surface area contributed by atoms with Crippen LogP contribution >= 0.6 is 0 Å². The average molecular weight is 166 g/mol. The Hall–Kier alpha value is -0.660. The summed E-state index contributed by atoms with van der Waals surface area (Å²) in [6.07, 6.45) is 6.83. The highest BCUT2D eigenvalue weighted by molar-refractivity contribution is 5.33. The Morgan fingerprint density at radius 2 is 2.17 bits per heavy atom. The van der Waals surface area contributed by atoms with Crippen LogP contribution in [0.25, 0.3) is 0 Å². The van der Waals surface area contributed by atoms with Crippen LogP contribution in [0.2, 0.25) is 0 Å². The molecule has 0 amide bonds. The normalized spacial score (nSPS) is 24.7. The summed E-state index contributed by atoms with van der Waals surface area (Å²) in [5.74, 6) is 1.47. The molecule has 2 saturated carbocycles. The number of nitrogens with one attached hydrogen (secondary N) is 1. The van der Waals surface area contributed by atoms with Crippen molar-refractivity contribution in [3.8, 4) is 0 Å². The van der Waals surface area contributed by atoms with Gasteiger partial charge in [-0.25, -0.2) is 4.79 Å². The van der Waals surface area contributed by atoms with Gasteiger partial charge in [0.15, 0.2) is 0 Å². The highest BCUT2D eigenvalue weighted by Gasteiger charge is 2.32. The molecule has 3 heteroatoms. The third-order valence-corrected chi connectivity index (χ3v) is 2.57. The highest BCUT2D eigenvalue weighted by Crippen LogP contribution is 2.34. The Kier molecular flexibility index (Phi) is 2.24. The van der Waals surface area contributed by atoms with E-state index in [-0.39, 0.29) is 6.17 Å². The SMILES string of the molecule is O=C=NC(NCC1CC1)C1CC1. The summed E-state index contributed by atoms with van der Waals surface area (Å²) < 4.78 is 0. The Morgan fingerprint density at radius 3 is 2.67 bits per heavy atom. The molecule has 2 rings (SSSR count). The van der Waals surface area contributed by atoms with Gasteiger partial charge >= 0.3 is 0 Å². The number of hydrogen-bond donors (Lipinski definition) is 1. The topological polar surface area (TPSA) is 41.5 Å². The molecule has 0 aliphatic heterocycles. The number of hydrogen-bond acceptors (Lipinski definition) is 3. The second-order valence-electron chi connectivity index (χ2n) is 3.85. The summed E-state index contributed by atoms with van der Waals surface area (Å²) in [7, 11) is 0. The van der Waals surface area contributed by atoms with Gasteiger partial charge in [-0.05, 0) is 44.1 Å². The van der Waals surface area contributed by atoms with Crippen molar-refractivity contribution in [1.29, 1.82) is 0 Å². The largest absolute Gasteiger partial charge is 0.295 e. The summed E-state index contributed by atoms with van der Waals surface area (Å²) in [4.78, 5) is 13.8. The van der Waals surface area contributed by atoms with Crippen molar-refractivity contribution in [3.05, 3.63) is 0 Å². The minimum Gasteiger partial charge on any atom is -0.295 e. The standard InChI is InChI=1S/C9H14N2O/c12-6-11-9(8-3-4-8)10-5-7-1-2-7/h7-10H,1-5H2. The lowest BCUT2D eigenvalue weighted by Gasteiger charge is -2.10. The molecule has 0 radical (unpaired) electrons. The molecular formula is C9H14N2O. The Balaban J connectivity index is 1.74. The summed E-state index contributed by atoms with van der Waals surface area (Å²) in [6.45, 7) is 1.03. The highest BCUT2D eigenvalue weighted by atomic mass is 16.1. The van der Waals surface area contributed by atoms with Crippen LogP contribution in [0.3, 0.4) is 0 Å².